The Morgan fingerprint density at radius 2 is 1.94 bits per heavy atom. The van der Waals surface area contributed by atoms with Crippen molar-refractivity contribution in [2.75, 3.05) is 51.4 Å². The van der Waals surface area contributed by atoms with Crippen molar-refractivity contribution in [1.29, 1.82) is 0 Å². The minimum atomic E-state index is 0.325. The topological polar surface area (TPSA) is 85.5 Å². The van der Waals surface area contributed by atoms with Crippen molar-refractivity contribution in [3.63, 3.8) is 0 Å². The highest BCUT2D eigenvalue weighted by atomic mass is 35.5. The summed E-state index contributed by atoms with van der Waals surface area (Å²) < 4.78 is 17.0. The van der Waals surface area contributed by atoms with Gasteiger partial charge in [-0.25, -0.2) is 9.97 Å². The average molecular weight is 498 g/mol. The van der Waals surface area contributed by atoms with E-state index >= 15 is 0 Å². The lowest BCUT2D eigenvalue weighted by molar-refractivity contribution is -0.000452. The van der Waals surface area contributed by atoms with E-state index in [1.807, 2.05) is 45.2 Å². The molecule has 1 N–H and O–H groups in total. The largest absolute Gasteiger partial charge is 0.494 e. The Balaban J connectivity index is 1.50. The van der Waals surface area contributed by atoms with Crippen LogP contribution in [-0.2, 0) is 4.74 Å². The molecule has 1 aromatic carbocycles. The molecule has 2 aliphatic rings. The van der Waals surface area contributed by atoms with Crippen molar-refractivity contribution in [3.8, 4) is 28.4 Å². The molecule has 5 rings (SSSR count). The van der Waals surface area contributed by atoms with Gasteiger partial charge in [0.05, 0.1) is 28.6 Å². The number of halogens is 1. The molecule has 35 heavy (non-hydrogen) atoms. The van der Waals surface area contributed by atoms with Gasteiger partial charge in [0, 0.05) is 43.3 Å². The summed E-state index contributed by atoms with van der Waals surface area (Å²) in [6.45, 7) is 8.97. The van der Waals surface area contributed by atoms with E-state index in [0.717, 1.165) is 92.0 Å². The molecule has 0 saturated carbocycles. The molecule has 8 nitrogen and oxygen atoms in total. The number of hydrogen-bond donors (Lipinski definition) is 1. The second-order valence-electron chi connectivity index (χ2n) is 9.55. The highest BCUT2D eigenvalue weighted by molar-refractivity contribution is 6.33. The fourth-order valence-electron chi connectivity index (χ4n) is 4.94. The number of benzene rings is 1. The Kier molecular flexibility index (Phi) is 6.95. The van der Waals surface area contributed by atoms with Crippen LogP contribution in [0.15, 0.2) is 28.8 Å². The van der Waals surface area contributed by atoms with Gasteiger partial charge in [0.25, 0.3) is 0 Å². The molecular formula is C26H32ClN5O3. The molecule has 4 heterocycles. The maximum atomic E-state index is 6.65. The number of anilines is 1. The predicted molar refractivity (Wildman–Crippen MR) is 136 cm³/mol. The van der Waals surface area contributed by atoms with E-state index < -0.39 is 0 Å². The van der Waals surface area contributed by atoms with Crippen molar-refractivity contribution in [3.05, 3.63) is 40.7 Å². The number of aromatic nitrogens is 3. The van der Waals surface area contributed by atoms with Crippen LogP contribution in [0, 0.1) is 19.3 Å². The summed E-state index contributed by atoms with van der Waals surface area (Å²) in [7, 11) is 1.93. The molecule has 1 spiro atoms. The number of ether oxygens (including phenoxy) is 2. The van der Waals surface area contributed by atoms with Gasteiger partial charge in [-0.05, 0) is 64.9 Å². The van der Waals surface area contributed by atoms with E-state index in [4.69, 9.17) is 35.6 Å². The number of rotatable bonds is 8. The van der Waals surface area contributed by atoms with E-state index in [-0.39, 0.29) is 0 Å². The summed E-state index contributed by atoms with van der Waals surface area (Å²) in [5.41, 5.74) is 3.55. The van der Waals surface area contributed by atoms with Crippen LogP contribution in [0.25, 0.3) is 22.6 Å². The predicted octanol–water partition coefficient (Wildman–Crippen LogP) is 4.67. The number of nitrogens with one attached hydrogen (secondary N) is 1. The molecule has 0 aliphatic carbocycles. The number of aryl methyl sites for hydroxylation is 2. The van der Waals surface area contributed by atoms with Gasteiger partial charge in [-0.2, -0.15) is 0 Å². The number of nitrogens with zero attached hydrogens (tertiary/aromatic N) is 4. The van der Waals surface area contributed by atoms with Gasteiger partial charge in [-0.15, -0.1) is 0 Å². The van der Waals surface area contributed by atoms with E-state index in [1.165, 1.54) is 0 Å². The van der Waals surface area contributed by atoms with Crippen molar-refractivity contribution >= 4 is 17.4 Å². The van der Waals surface area contributed by atoms with Crippen LogP contribution >= 0.6 is 11.6 Å². The van der Waals surface area contributed by atoms with Crippen molar-refractivity contribution < 1.29 is 14.0 Å². The molecular weight excluding hydrogens is 466 g/mol. The maximum Gasteiger partial charge on any atom is 0.163 e. The van der Waals surface area contributed by atoms with Gasteiger partial charge in [0.1, 0.15) is 17.3 Å². The molecule has 0 unspecified atom stereocenters. The zero-order valence-electron chi connectivity index (χ0n) is 20.6. The van der Waals surface area contributed by atoms with Gasteiger partial charge < -0.3 is 24.2 Å². The van der Waals surface area contributed by atoms with Crippen molar-refractivity contribution in [2.24, 2.45) is 5.41 Å². The summed E-state index contributed by atoms with van der Waals surface area (Å²) in [6.07, 6.45) is 3.10. The number of hydrogen-bond acceptors (Lipinski definition) is 8. The Hall–Kier alpha value is -2.68. The third-order valence-corrected chi connectivity index (χ3v) is 7.28. The molecule has 186 valence electrons. The van der Waals surface area contributed by atoms with E-state index in [2.05, 4.69) is 15.4 Å². The Morgan fingerprint density at radius 3 is 2.66 bits per heavy atom. The van der Waals surface area contributed by atoms with E-state index in [0.29, 0.717) is 22.9 Å². The van der Waals surface area contributed by atoms with Gasteiger partial charge in [-0.3, -0.25) is 0 Å². The lowest BCUT2D eigenvalue weighted by atomic mass is 9.73. The minimum absolute atomic E-state index is 0.325. The molecule has 0 radical (unpaired) electrons. The normalized spacial score (nSPS) is 17.0. The SMILES string of the molecule is CNCCCOc1ccc(Cl)c(-c2nc(-c3c(C)noc3C)cc(N3CC4(CCOCC4)C3)n2)c1. The molecule has 3 aromatic rings. The quantitative estimate of drug-likeness (QED) is 0.449. The molecule has 2 saturated heterocycles. The van der Waals surface area contributed by atoms with Crippen LogP contribution in [0.5, 0.6) is 5.75 Å². The molecule has 0 atom stereocenters. The van der Waals surface area contributed by atoms with Crippen LogP contribution in [0.4, 0.5) is 5.82 Å². The van der Waals surface area contributed by atoms with E-state index in [1.54, 1.807) is 0 Å². The second-order valence-corrected chi connectivity index (χ2v) is 9.96. The third kappa shape index (κ3) is 5.01. The molecule has 2 fully saturated rings. The zero-order valence-corrected chi connectivity index (χ0v) is 21.3. The molecule has 9 heteroatoms. The molecule has 0 bridgehead atoms. The van der Waals surface area contributed by atoms with Crippen LogP contribution in [0.3, 0.4) is 0 Å². The molecule has 2 aromatic heterocycles. The third-order valence-electron chi connectivity index (χ3n) is 6.95. The second kappa shape index (κ2) is 10.1. The summed E-state index contributed by atoms with van der Waals surface area (Å²) >= 11 is 6.65. The van der Waals surface area contributed by atoms with Crippen LogP contribution in [-0.4, -0.2) is 61.6 Å². The first kappa shape index (κ1) is 24.0. The summed E-state index contributed by atoms with van der Waals surface area (Å²) in [5.74, 6) is 2.93. The van der Waals surface area contributed by atoms with Gasteiger partial charge >= 0.3 is 0 Å². The Labute approximate surface area is 211 Å². The smallest absolute Gasteiger partial charge is 0.163 e. The highest BCUT2D eigenvalue weighted by Crippen LogP contribution is 2.43. The summed E-state index contributed by atoms with van der Waals surface area (Å²) in [6, 6.07) is 7.69. The Bertz CT molecular complexity index is 1160. The van der Waals surface area contributed by atoms with E-state index in [9.17, 15) is 0 Å². The lowest BCUT2D eigenvalue weighted by Crippen LogP contribution is -2.58. The van der Waals surface area contributed by atoms with Crippen molar-refractivity contribution in [1.82, 2.24) is 20.4 Å². The summed E-state index contributed by atoms with van der Waals surface area (Å²) in [5, 5.41) is 7.85. The highest BCUT2D eigenvalue weighted by Gasteiger charge is 2.44. The lowest BCUT2D eigenvalue weighted by Gasteiger charge is -2.52. The van der Waals surface area contributed by atoms with Gasteiger partial charge in [-0.1, -0.05) is 16.8 Å². The fraction of sp³-hybridized carbons (Fsp3) is 0.500. The maximum absolute atomic E-state index is 6.65. The fourth-order valence-corrected chi connectivity index (χ4v) is 5.15. The van der Waals surface area contributed by atoms with Gasteiger partial charge in [0.2, 0.25) is 0 Å². The van der Waals surface area contributed by atoms with Crippen molar-refractivity contribution in [2.45, 2.75) is 33.1 Å². The monoisotopic (exact) mass is 497 g/mol. The first-order valence-electron chi connectivity index (χ1n) is 12.2. The summed E-state index contributed by atoms with van der Waals surface area (Å²) in [4.78, 5) is 12.2. The van der Waals surface area contributed by atoms with Gasteiger partial charge in [0.15, 0.2) is 5.82 Å². The van der Waals surface area contributed by atoms with Crippen LogP contribution < -0.4 is 15.0 Å². The molecule has 0 amide bonds. The first-order chi connectivity index (χ1) is 17.0. The average Bonchev–Trinajstić information content (AvgIpc) is 3.19. The molecule has 2 aliphatic heterocycles. The standard InChI is InChI=1S/C26H32ClN5O3/c1-17-24(18(2)35-31-17)22-14-23(32-15-26(16-32)7-11-33-12-8-26)30-25(29-22)20-13-19(5-6-21(20)27)34-10-4-9-28-3/h5-6,13-14,28H,4,7-12,15-16H2,1-3H3. The van der Waals surface area contributed by atoms with Crippen LogP contribution in [0.2, 0.25) is 5.02 Å². The Morgan fingerprint density at radius 1 is 1.14 bits per heavy atom. The first-order valence-corrected chi connectivity index (χ1v) is 12.6. The van der Waals surface area contributed by atoms with Crippen LogP contribution in [0.1, 0.15) is 30.7 Å². The zero-order chi connectivity index (χ0) is 24.4. The minimum Gasteiger partial charge on any atom is -0.494 e.